The molecule has 1 aromatic heterocycles. The van der Waals surface area contributed by atoms with Crippen molar-refractivity contribution in [1.29, 1.82) is 0 Å². The summed E-state index contributed by atoms with van der Waals surface area (Å²) < 4.78 is 0. The maximum atomic E-state index is 12.1. The minimum absolute atomic E-state index is 0. The van der Waals surface area contributed by atoms with Gasteiger partial charge in [0.05, 0.1) is 11.6 Å². The third-order valence-corrected chi connectivity index (χ3v) is 4.70. The zero-order valence-corrected chi connectivity index (χ0v) is 14.3. The lowest BCUT2D eigenvalue weighted by molar-refractivity contribution is -0.125. The van der Waals surface area contributed by atoms with E-state index >= 15 is 0 Å². The second kappa shape index (κ2) is 8.17. The van der Waals surface area contributed by atoms with Gasteiger partial charge in [-0.3, -0.25) is 4.79 Å². The number of hydrogen-bond acceptors (Lipinski definition) is 4. The summed E-state index contributed by atoms with van der Waals surface area (Å²) in [5, 5.41) is 6.19. The van der Waals surface area contributed by atoms with Gasteiger partial charge in [-0.15, -0.1) is 36.2 Å². The summed E-state index contributed by atoms with van der Waals surface area (Å²) in [5.41, 5.74) is 6.65. The number of nitrogens with two attached hydrogens (primary N) is 1. The molecule has 0 spiro atoms. The van der Waals surface area contributed by atoms with Crippen LogP contribution in [0.25, 0.3) is 0 Å². The van der Waals surface area contributed by atoms with Gasteiger partial charge in [0.15, 0.2) is 0 Å². The Morgan fingerprint density at radius 3 is 2.60 bits per heavy atom. The van der Waals surface area contributed by atoms with Gasteiger partial charge in [-0.05, 0) is 32.6 Å². The number of rotatable bonds is 5. The minimum Gasteiger partial charge on any atom is -0.343 e. The van der Waals surface area contributed by atoms with E-state index < -0.39 is 6.04 Å². The zero-order chi connectivity index (χ0) is 13.2. The number of aryl methyl sites for hydroxylation is 1. The van der Waals surface area contributed by atoms with E-state index in [2.05, 4.69) is 10.3 Å². The van der Waals surface area contributed by atoms with Crippen molar-refractivity contribution in [2.75, 3.05) is 0 Å². The zero-order valence-electron chi connectivity index (χ0n) is 11.8. The van der Waals surface area contributed by atoms with Crippen LogP contribution >= 0.6 is 36.2 Å². The van der Waals surface area contributed by atoms with Crippen LogP contribution < -0.4 is 11.1 Å². The maximum Gasteiger partial charge on any atom is 0.237 e. The van der Waals surface area contributed by atoms with Crippen LogP contribution in [-0.2, 0) is 10.3 Å². The molecule has 1 saturated carbocycles. The van der Waals surface area contributed by atoms with E-state index in [1.165, 1.54) is 0 Å². The lowest BCUT2D eigenvalue weighted by Gasteiger charge is -2.41. The number of nitrogens with one attached hydrogen (secondary N) is 1. The normalized spacial score (nSPS) is 17.1. The monoisotopic (exact) mass is 339 g/mol. The molecular formula is C13H23Cl2N3OS. The number of carbonyl (C=O) groups is 1. The molecule has 4 nitrogen and oxygen atoms in total. The fraction of sp³-hybridized carbons (Fsp3) is 0.692. The van der Waals surface area contributed by atoms with E-state index in [1.807, 2.05) is 19.2 Å². The SMILES string of the molecule is CCCC(N)C(=O)NC1(c2nc(C)cs2)CCC1.Cl.Cl. The minimum atomic E-state index is -0.395. The Bertz CT molecular complexity index is 435. The Morgan fingerprint density at radius 1 is 1.55 bits per heavy atom. The number of hydrogen-bond donors (Lipinski definition) is 2. The topological polar surface area (TPSA) is 68.0 Å². The lowest BCUT2D eigenvalue weighted by Crippen LogP contribution is -2.55. The molecule has 1 atom stereocenters. The molecule has 116 valence electrons. The van der Waals surface area contributed by atoms with Crippen LogP contribution in [-0.4, -0.2) is 16.9 Å². The van der Waals surface area contributed by atoms with Gasteiger partial charge in [0.25, 0.3) is 0 Å². The first-order chi connectivity index (χ1) is 8.57. The van der Waals surface area contributed by atoms with Gasteiger partial charge in [-0.25, -0.2) is 4.98 Å². The van der Waals surface area contributed by atoms with Gasteiger partial charge < -0.3 is 11.1 Å². The van der Waals surface area contributed by atoms with Crippen LogP contribution in [0, 0.1) is 6.92 Å². The summed E-state index contributed by atoms with van der Waals surface area (Å²) in [4.78, 5) is 16.6. The summed E-state index contributed by atoms with van der Waals surface area (Å²) in [7, 11) is 0. The smallest absolute Gasteiger partial charge is 0.237 e. The summed E-state index contributed by atoms with van der Waals surface area (Å²) >= 11 is 1.63. The first kappa shape index (κ1) is 19.6. The van der Waals surface area contributed by atoms with E-state index in [-0.39, 0.29) is 36.3 Å². The summed E-state index contributed by atoms with van der Waals surface area (Å²) in [6.07, 6.45) is 4.76. The molecule has 1 amide bonds. The molecular weight excluding hydrogens is 317 g/mol. The van der Waals surface area contributed by atoms with Gasteiger partial charge in [0.2, 0.25) is 5.91 Å². The average molecular weight is 340 g/mol. The van der Waals surface area contributed by atoms with Crippen LogP contribution in [0.3, 0.4) is 0 Å². The number of amides is 1. The third kappa shape index (κ3) is 4.07. The van der Waals surface area contributed by atoms with E-state index in [4.69, 9.17) is 5.73 Å². The molecule has 3 N–H and O–H groups in total. The van der Waals surface area contributed by atoms with E-state index in [0.29, 0.717) is 0 Å². The number of halogens is 2. The van der Waals surface area contributed by atoms with E-state index in [9.17, 15) is 4.79 Å². The highest BCUT2D eigenvalue weighted by atomic mass is 35.5. The number of aromatic nitrogens is 1. The number of nitrogens with zero attached hydrogens (tertiary/aromatic N) is 1. The van der Waals surface area contributed by atoms with E-state index in [0.717, 1.165) is 42.8 Å². The first-order valence-electron chi connectivity index (χ1n) is 6.57. The molecule has 2 rings (SSSR count). The van der Waals surface area contributed by atoms with Crippen LogP contribution in [0.5, 0.6) is 0 Å². The van der Waals surface area contributed by atoms with Crippen molar-refractivity contribution in [3.05, 3.63) is 16.1 Å². The maximum absolute atomic E-state index is 12.1. The van der Waals surface area contributed by atoms with Crippen molar-refractivity contribution in [3.63, 3.8) is 0 Å². The van der Waals surface area contributed by atoms with Crippen molar-refractivity contribution in [3.8, 4) is 0 Å². The molecule has 1 aliphatic rings. The van der Waals surface area contributed by atoms with E-state index in [1.54, 1.807) is 11.3 Å². The molecule has 20 heavy (non-hydrogen) atoms. The van der Waals surface area contributed by atoms with Crippen LogP contribution in [0.15, 0.2) is 5.38 Å². The molecule has 0 radical (unpaired) electrons. The molecule has 1 heterocycles. The van der Waals surface area contributed by atoms with Gasteiger partial charge in [-0.1, -0.05) is 13.3 Å². The van der Waals surface area contributed by atoms with Gasteiger partial charge in [0, 0.05) is 11.1 Å². The number of carbonyl (C=O) groups excluding carboxylic acids is 1. The summed E-state index contributed by atoms with van der Waals surface area (Å²) in [5.74, 6) is -0.0376. The predicted molar refractivity (Wildman–Crippen MR) is 87.9 cm³/mol. The molecule has 1 aromatic rings. The lowest BCUT2D eigenvalue weighted by atomic mass is 9.77. The van der Waals surface area contributed by atoms with Gasteiger partial charge >= 0.3 is 0 Å². The fourth-order valence-corrected chi connectivity index (χ4v) is 3.28. The van der Waals surface area contributed by atoms with Gasteiger partial charge in [-0.2, -0.15) is 0 Å². The molecule has 0 aliphatic heterocycles. The van der Waals surface area contributed by atoms with Crippen molar-refractivity contribution in [1.82, 2.24) is 10.3 Å². The van der Waals surface area contributed by atoms with Crippen molar-refractivity contribution >= 4 is 42.1 Å². The molecule has 0 saturated heterocycles. The average Bonchev–Trinajstić information content (AvgIpc) is 2.70. The predicted octanol–water partition coefficient (Wildman–Crippen LogP) is 2.92. The molecule has 1 aliphatic carbocycles. The quantitative estimate of drug-likeness (QED) is 0.866. The third-order valence-electron chi connectivity index (χ3n) is 3.53. The van der Waals surface area contributed by atoms with Crippen LogP contribution in [0.4, 0.5) is 0 Å². The summed E-state index contributed by atoms with van der Waals surface area (Å²) in [6.45, 7) is 4.02. The molecule has 0 aromatic carbocycles. The summed E-state index contributed by atoms with van der Waals surface area (Å²) in [6, 6.07) is -0.395. The second-order valence-electron chi connectivity index (χ2n) is 5.11. The Labute approximate surface area is 136 Å². The highest BCUT2D eigenvalue weighted by molar-refractivity contribution is 7.09. The molecule has 1 unspecified atom stereocenters. The first-order valence-corrected chi connectivity index (χ1v) is 7.45. The Hall–Kier alpha value is -0.360. The van der Waals surface area contributed by atoms with Crippen LogP contribution in [0.2, 0.25) is 0 Å². The van der Waals surface area contributed by atoms with Crippen molar-refractivity contribution in [2.45, 2.75) is 57.5 Å². The molecule has 1 fully saturated rings. The molecule has 0 bridgehead atoms. The van der Waals surface area contributed by atoms with Crippen molar-refractivity contribution < 1.29 is 4.79 Å². The molecule has 7 heteroatoms. The van der Waals surface area contributed by atoms with Gasteiger partial charge in [0.1, 0.15) is 5.01 Å². The Balaban J connectivity index is 0.00000180. The number of thiazole rings is 1. The highest BCUT2D eigenvalue weighted by Crippen LogP contribution is 2.42. The fourth-order valence-electron chi connectivity index (χ4n) is 2.27. The Kier molecular flexibility index (Phi) is 8.03. The largest absolute Gasteiger partial charge is 0.343 e. The Morgan fingerprint density at radius 2 is 2.20 bits per heavy atom. The van der Waals surface area contributed by atoms with Crippen LogP contribution in [0.1, 0.15) is 49.7 Å². The standard InChI is InChI=1S/C13H21N3OS.2ClH/c1-3-5-10(14)11(17)16-13(6-4-7-13)12-15-9(2)8-18-12;;/h8,10H,3-7,14H2,1-2H3,(H,16,17);2*1H. The second-order valence-corrected chi connectivity index (χ2v) is 5.97. The van der Waals surface area contributed by atoms with Crippen molar-refractivity contribution in [2.24, 2.45) is 5.73 Å². The highest BCUT2D eigenvalue weighted by Gasteiger charge is 2.43.